The van der Waals surface area contributed by atoms with Gasteiger partial charge in [-0.25, -0.2) is 4.21 Å². The fourth-order valence-electron chi connectivity index (χ4n) is 0.640. The average molecular weight is 168 g/mol. The second kappa shape index (κ2) is 3.01. The summed E-state index contributed by atoms with van der Waals surface area (Å²) in [6, 6.07) is 0. The molecule has 0 spiro atoms. The molecule has 1 fully saturated rings. The predicted octanol–water partition coefficient (Wildman–Crippen LogP) is -0.881. The first kappa shape index (κ1) is 7.53. The van der Waals surface area contributed by atoms with Crippen molar-refractivity contribution in [2.24, 2.45) is 0 Å². The Bertz CT molecular complexity index is 127. The summed E-state index contributed by atoms with van der Waals surface area (Å²) in [4.78, 5) is 0. The van der Waals surface area contributed by atoms with Gasteiger partial charge in [0.1, 0.15) is 0 Å². The van der Waals surface area contributed by atoms with Gasteiger partial charge in [0, 0.05) is 0 Å². The van der Waals surface area contributed by atoms with Gasteiger partial charge in [-0.15, -0.1) is 0 Å². The van der Waals surface area contributed by atoms with Crippen LogP contribution in [-0.4, -0.2) is 38.1 Å². The molecule has 3 atom stereocenters. The van der Waals surface area contributed by atoms with Gasteiger partial charge >= 0.3 is 0 Å². The Kier molecular flexibility index (Phi) is 2.51. The monoisotopic (exact) mass is 168 g/mol. The average Bonchev–Trinajstić information content (AvgIpc) is 2.10. The molecule has 5 heteroatoms. The Morgan fingerprint density at radius 3 is 2.67 bits per heavy atom. The lowest BCUT2D eigenvalue weighted by atomic mass is 10.3. The van der Waals surface area contributed by atoms with Crippen LogP contribution < -0.4 is 0 Å². The number of hydrogen-bond acceptors (Lipinski definition) is 4. The molecule has 9 heavy (non-hydrogen) atoms. The van der Waals surface area contributed by atoms with E-state index >= 15 is 0 Å². The van der Waals surface area contributed by atoms with Crippen molar-refractivity contribution in [3.8, 4) is 0 Å². The molecule has 1 rings (SSSR count). The molecule has 3 nitrogen and oxygen atoms in total. The third kappa shape index (κ3) is 1.67. The van der Waals surface area contributed by atoms with Crippen molar-refractivity contribution in [3.05, 3.63) is 0 Å². The van der Waals surface area contributed by atoms with E-state index in [0.717, 1.165) is 10.8 Å². The molecule has 0 radical (unpaired) electrons. The Balaban J connectivity index is 2.47. The van der Waals surface area contributed by atoms with E-state index in [2.05, 4.69) is 0 Å². The molecule has 1 heterocycles. The van der Waals surface area contributed by atoms with Crippen LogP contribution in [-0.2, 0) is 9.83 Å². The molecule has 0 aliphatic carbocycles. The summed E-state index contributed by atoms with van der Waals surface area (Å²) in [5, 5.41) is 17.3. The Labute approximate surface area is 59.3 Å². The number of aliphatic hydroxyl groups is 2. The van der Waals surface area contributed by atoms with Crippen molar-refractivity contribution in [3.63, 3.8) is 0 Å². The van der Waals surface area contributed by atoms with Crippen molar-refractivity contribution in [1.29, 1.82) is 0 Å². The van der Waals surface area contributed by atoms with Gasteiger partial charge in [0.05, 0.1) is 33.5 Å². The minimum Gasteiger partial charge on any atom is -0.395 e. The SMILES string of the molecule is O=[S@@]1C[C@@H](O)[C@@H](CO)S1. The standard InChI is InChI=1S/C4H8O3S2/c5-1-4-3(6)2-9(7)8-4/h3-6H,1-2H2/t3-,4-,9+/m1/s1. The third-order valence-electron chi connectivity index (χ3n) is 1.15. The minimum absolute atomic E-state index is 0.0857. The van der Waals surface area contributed by atoms with Crippen molar-refractivity contribution < 1.29 is 14.4 Å². The molecule has 1 aliphatic heterocycles. The quantitative estimate of drug-likeness (QED) is 0.499. The Morgan fingerprint density at radius 1 is 1.78 bits per heavy atom. The van der Waals surface area contributed by atoms with Gasteiger partial charge in [-0.2, -0.15) is 0 Å². The molecule has 0 aromatic rings. The van der Waals surface area contributed by atoms with Gasteiger partial charge in [0.2, 0.25) is 0 Å². The van der Waals surface area contributed by atoms with Crippen molar-refractivity contribution in [1.82, 2.24) is 0 Å². The van der Waals surface area contributed by atoms with Crippen LogP contribution in [0.2, 0.25) is 0 Å². The van der Waals surface area contributed by atoms with Crippen molar-refractivity contribution in [2.75, 3.05) is 12.4 Å². The molecule has 1 aliphatic rings. The van der Waals surface area contributed by atoms with E-state index in [1.54, 1.807) is 0 Å². The lowest BCUT2D eigenvalue weighted by molar-refractivity contribution is 0.162. The summed E-state index contributed by atoms with van der Waals surface area (Å²) < 4.78 is 10.6. The Morgan fingerprint density at radius 2 is 2.44 bits per heavy atom. The van der Waals surface area contributed by atoms with E-state index in [9.17, 15) is 4.21 Å². The maximum atomic E-state index is 10.6. The normalized spacial score (nSPS) is 43.6. The van der Waals surface area contributed by atoms with Gasteiger partial charge in [-0.05, 0) is 0 Å². The zero-order valence-corrected chi connectivity index (χ0v) is 6.32. The second-order valence-electron chi connectivity index (χ2n) is 1.86. The van der Waals surface area contributed by atoms with Crippen LogP contribution in [0.5, 0.6) is 0 Å². The van der Waals surface area contributed by atoms with Gasteiger partial charge in [0.15, 0.2) is 0 Å². The van der Waals surface area contributed by atoms with Gasteiger partial charge in [0.25, 0.3) is 0 Å². The summed E-state index contributed by atoms with van der Waals surface area (Å²) in [7, 11) is 0.170. The van der Waals surface area contributed by atoms with Crippen LogP contribution in [0.4, 0.5) is 0 Å². The predicted molar refractivity (Wildman–Crippen MR) is 37.5 cm³/mol. The first-order valence-electron chi connectivity index (χ1n) is 2.58. The van der Waals surface area contributed by atoms with E-state index in [-0.39, 0.29) is 11.9 Å². The highest BCUT2D eigenvalue weighted by Crippen LogP contribution is 2.27. The fourth-order valence-corrected chi connectivity index (χ4v) is 3.96. The minimum atomic E-state index is -0.976. The highest BCUT2D eigenvalue weighted by molar-refractivity contribution is 8.69. The van der Waals surface area contributed by atoms with E-state index in [0.29, 0.717) is 5.75 Å². The van der Waals surface area contributed by atoms with Crippen LogP contribution >= 0.6 is 10.8 Å². The zero-order valence-electron chi connectivity index (χ0n) is 4.69. The molecule has 0 unspecified atom stereocenters. The molecule has 0 aromatic heterocycles. The highest BCUT2D eigenvalue weighted by Gasteiger charge is 2.30. The maximum absolute atomic E-state index is 10.6. The zero-order chi connectivity index (χ0) is 6.85. The first-order valence-corrected chi connectivity index (χ1v) is 5.30. The van der Waals surface area contributed by atoms with E-state index in [1.165, 1.54) is 0 Å². The summed E-state index contributed by atoms with van der Waals surface area (Å²) >= 11 is 0. The third-order valence-corrected chi connectivity index (χ3v) is 4.48. The molecule has 0 bridgehead atoms. The van der Waals surface area contributed by atoms with Crippen LogP contribution in [0.3, 0.4) is 0 Å². The summed E-state index contributed by atoms with van der Waals surface area (Å²) in [6.07, 6.45) is -0.583. The van der Waals surface area contributed by atoms with Gasteiger partial charge in [-0.3, -0.25) is 0 Å². The number of rotatable bonds is 1. The van der Waals surface area contributed by atoms with Crippen LogP contribution in [0.15, 0.2) is 0 Å². The van der Waals surface area contributed by atoms with Crippen LogP contribution in [0, 0.1) is 0 Å². The van der Waals surface area contributed by atoms with Gasteiger partial charge in [-0.1, -0.05) is 10.8 Å². The summed E-state index contributed by atoms with van der Waals surface area (Å²) in [6.45, 7) is -0.0857. The first-order chi connectivity index (χ1) is 4.24. The lowest BCUT2D eigenvalue weighted by Gasteiger charge is -2.05. The summed E-state index contributed by atoms with van der Waals surface area (Å²) in [5.41, 5.74) is 0. The maximum Gasteiger partial charge on any atom is 0.0835 e. The van der Waals surface area contributed by atoms with E-state index in [4.69, 9.17) is 10.2 Å². The second-order valence-corrected chi connectivity index (χ2v) is 5.29. The largest absolute Gasteiger partial charge is 0.395 e. The van der Waals surface area contributed by atoms with Crippen molar-refractivity contribution in [2.45, 2.75) is 11.4 Å². The summed E-state index contributed by atoms with van der Waals surface area (Å²) in [5.74, 6) is 0.301. The Hall–Kier alpha value is 0.420. The fraction of sp³-hybridized carbons (Fsp3) is 1.00. The molecule has 54 valence electrons. The molecular weight excluding hydrogens is 160 g/mol. The van der Waals surface area contributed by atoms with E-state index in [1.807, 2.05) is 0 Å². The van der Waals surface area contributed by atoms with Crippen LogP contribution in [0.25, 0.3) is 0 Å². The van der Waals surface area contributed by atoms with E-state index < -0.39 is 15.9 Å². The molecule has 1 saturated heterocycles. The van der Waals surface area contributed by atoms with Crippen molar-refractivity contribution >= 4 is 20.6 Å². The molecular formula is C4H8O3S2. The smallest absolute Gasteiger partial charge is 0.0835 e. The number of aliphatic hydroxyl groups excluding tert-OH is 2. The molecule has 0 amide bonds. The highest BCUT2D eigenvalue weighted by atomic mass is 33.1. The van der Waals surface area contributed by atoms with Gasteiger partial charge < -0.3 is 10.2 Å². The molecule has 0 saturated carbocycles. The topological polar surface area (TPSA) is 57.5 Å². The molecule has 2 N–H and O–H groups in total. The lowest BCUT2D eigenvalue weighted by Crippen LogP contribution is -2.23. The van der Waals surface area contributed by atoms with Crippen LogP contribution in [0.1, 0.15) is 0 Å². The molecule has 0 aromatic carbocycles. The number of hydrogen-bond donors (Lipinski definition) is 2.